The molecule has 2 atom stereocenters. The molecule has 0 aromatic carbocycles. The number of piperidine rings is 1. The van der Waals surface area contributed by atoms with E-state index in [9.17, 15) is 9.59 Å². The lowest BCUT2D eigenvalue weighted by Crippen LogP contribution is -2.46. The van der Waals surface area contributed by atoms with Gasteiger partial charge in [-0.05, 0) is 49.6 Å². The van der Waals surface area contributed by atoms with Gasteiger partial charge in [0.1, 0.15) is 0 Å². The molecule has 2 amide bonds. The topological polar surface area (TPSA) is 74.3 Å². The summed E-state index contributed by atoms with van der Waals surface area (Å²) in [5.74, 6) is 1.91. The molecule has 2 saturated heterocycles. The predicted molar refractivity (Wildman–Crippen MR) is 124 cm³/mol. The number of hydrogen-bond donors (Lipinski definition) is 2. The number of carbonyl (C=O) groups excluding carboxylic acids is 2. The molecule has 6 nitrogen and oxygen atoms in total. The average Bonchev–Trinajstić information content (AvgIpc) is 3.39. The highest BCUT2D eigenvalue weighted by molar-refractivity contribution is 8.00. The Hall–Kier alpha value is -1.64. The summed E-state index contributed by atoms with van der Waals surface area (Å²) in [6, 6.07) is 4.15. The van der Waals surface area contributed by atoms with Crippen LogP contribution in [0.3, 0.4) is 0 Å². The molecule has 2 fully saturated rings. The van der Waals surface area contributed by atoms with Crippen LogP contribution in [0.5, 0.6) is 0 Å². The van der Waals surface area contributed by atoms with Crippen LogP contribution in [0.2, 0.25) is 0 Å². The van der Waals surface area contributed by atoms with Crippen LogP contribution in [0.25, 0.3) is 10.1 Å². The number of thiophene rings is 1. The second-order valence-corrected chi connectivity index (χ2v) is 10.5. The summed E-state index contributed by atoms with van der Waals surface area (Å²) in [5, 5.41) is 7.55. The Morgan fingerprint density at radius 1 is 1.30 bits per heavy atom. The molecule has 0 radical (unpaired) electrons. The first-order valence-corrected chi connectivity index (χ1v) is 12.7. The summed E-state index contributed by atoms with van der Waals surface area (Å²) in [6.45, 7) is 4.61. The smallest absolute Gasteiger partial charge is 0.261 e. The summed E-state index contributed by atoms with van der Waals surface area (Å²) < 4.78 is 1.05. The molecule has 4 rings (SSSR count). The highest BCUT2D eigenvalue weighted by Crippen LogP contribution is 2.28. The minimum atomic E-state index is 0.0107. The van der Waals surface area contributed by atoms with E-state index in [4.69, 9.17) is 0 Å². The zero-order chi connectivity index (χ0) is 20.9. The van der Waals surface area contributed by atoms with Crippen molar-refractivity contribution in [3.63, 3.8) is 0 Å². The van der Waals surface area contributed by atoms with Crippen molar-refractivity contribution in [1.29, 1.82) is 0 Å². The number of rotatable bonds is 7. The zero-order valence-electron chi connectivity index (χ0n) is 17.4. The Bertz CT molecular complexity index is 846. The number of unbranched alkanes of at least 4 members (excludes halogenated alkanes) is 1. The first-order chi connectivity index (χ1) is 14.6. The Morgan fingerprint density at radius 3 is 2.87 bits per heavy atom. The van der Waals surface area contributed by atoms with Gasteiger partial charge in [-0.25, -0.2) is 0 Å². The highest BCUT2D eigenvalue weighted by atomic mass is 32.2. The van der Waals surface area contributed by atoms with E-state index in [1.165, 1.54) is 17.8 Å². The summed E-state index contributed by atoms with van der Waals surface area (Å²) in [5.41, 5.74) is 0. The minimum absolute atomic E-state index is 0.0107. The van der Waals surface area contributed by atoms with Crippen molar-refractivity contribution in [2.75, 3.05) is 25.5 Å². The van der Waals surface area contributed by atoms with Gasteiger partial charge in [-0.15, -0.1) is 23.1 Å². The van der Waals surface area contributed by atoms with Crippen LogP contribution in [0.15, 0.2) is 24.5 Å². The fraction of sp³-hybridized carbons (Fsp3) is 0.591. The van der Waals surface area contributed by atoms with E-state index in [-0.39, 0.29) is 17.2 Å². The van der Waals surface area contributed by atoms with Gasteiger partial charge in [0, 0.05) is 43.9 Å². The molecule has 2 unspecified atom stereocenters. The molecule has 0 bridgehead atoms. The van der Waals surface area contributed by atoms with Gasteiger partial charge in [-0.1, -0.05) is 12.8 Å². The van der Waals surface area contributed by atoms with E-state index in [2.05, 4.69) is 27.4 Å². The molecule has 4 heterocycles. The van der Waals surface area contributed by atoms with E-state index in [0.717, 1.165) is 59.6 Å². The highest BCUT2D eigenvalue weighted by Gasteiger charge is 2.34. The number of likely N-dealkylation sites (tertiary alicyclic amines) is 1. The maximum atomic E-state index is 12.7. The predicted octanol–water partition coefficient (Wildman–Crippen LogP) is 3.49. The van der Waals surface area contributed by atoms with Crippen LogP contribution in [-0.2, 0) is 4.79 Å². The van der Waals surface area contributed by atoms with E-state index < -0.39 is 0 Å². The lowest BCUT2D eigenvalue weighted by molar-refractivity contribution is -0.132. The van der Waals surface area contributed by atoms with Gasteiger partial charge in [0.15, 0.2) is 0 Å². The number of hydrogen-bond acceptors (Lipinski definition) is 6. The number of pyridine rings is 1. The monoisotopic (exact) mass is 446 g/mol. The lowest BCUT2D eigenvalue weighted by atomic mass is 9.91. The minimum Gasteiger partial charge on any atom is -0.351 e. The van der Waals surface area contributed by atoms with Gasteiger partial charge in [-0.2, -0.15) is 0 Å². The molecule has 30 heavy (non-hydrogen) atoms. The number of nitrogens with one attached hydrogen (secondary N) is 2. The molecular formula is C22H30N4O2S2. The van der Waals surface area contributed by atoms with Crippen LogP contribution < -0.4 is 10.6 Å². The lowest BCUT2D eigenvalue weighted by Gasteiger charge is -2.34. The van der Waals surface area contributed by atoms with Crippen LogP contribution >= 0.6 is 23.1 Å². The summed E-state index contributed by atoms with van der Waals surface area (Å²) in [7, 11) is 0. The van der Waals surface area contributed by atoms with Gasteiger partial charge >= 0.3 is 0 Å². The van der Waals surface area contributed by atoms with E-state index >= 15 is 0 Å². The number of fused-ring (bicyclic) bond motifs is 1. The average molecular weight is 447 g/mol. The number of carbonyl (C=O) groups is 2. The fourth-order valence-electron chi connectivity index (χ4n) is 4.27. The van der Waals surface area contributed by atoms with E-state index in [0.29, 0.717) is 18.4 Å². The Kier molecular flexibility index (Phi) is 7.28. The second kappa shape index (κ2) is 10.1. The van der Waals surface area contributed by atoms with Gasteiger partial charge in [0.05, 0.1) is 14.8 Å². The maximum absolute atomic E-state index is 12.7. The Morgan fingerprint density at radius 2 is 2.13 bits per heavy atom. The van der Waals surface area contributed by atoms with Crippen molar-refractivity contribution >= 4 is 45.0 Å². The molecule has 0 spiro atoms. The molecule has 2 aromatic heterocycles. The van der Waals surface area contributed by atoms with Crippen molar-refractivity contribution < 1.29 is 9.59 Å². The number of aromatic nitrogens is 1. The molecule has 2 aliphatic heterocycles. The van der Waals surface area contributed by atoms with Crippen molar-refractivity contribution in [2.45, 2.75) is 50.3 Å². The normalized spacial score (nSPS) is 22.5. The third-order valence-electron chi connectivity index (χ3n) is 6.16. The molecule has 2 N–H and O–H groups in total. The van der Waals surface area contributed by atoms with E-state index in [1.54, 1.807) is 24.2 Å². The van der Waals surface area contributed by atoms with Crippen molar-refractivity contribution in [3.8, 4) is 0 Å². The molecule has 162 valence electrons. The Balaban J connectivity index is 1.11. The number of thioether (sulfide) groups is 1. The first kappa shape index (κ1) is 21.6. The maximum Gasteiger partial charge on any atom is 0.261 e. The third kappa shape index (κ3) is 5.15. The number of amides is 2. The standard InChI is InChI=1S/C22H30N4O2S2/c1-15-20(29-14-25-15)22(28)26-10-6-16(7-11-26)4-2-3-8-24-21(27)18-12-17-5-9-23-13-19(17)30-18/h5,9,12-13,15-16,20,25H,2-4,6-8,10-11,14H2,1H3,(H,24,27). The fourth-order valence-corrected chi connectivity index (χ4v) is 6.43. The van der Waals surface area contributed by atoms with Crippen LogP contribution in [0.4, 0.5) is 0 Å². The van der Waals surface area contributed by atoms with E-state index in [1.807, 2.05) is 12.1 Å². The van der Waals surface area contributed by atoms with Crippen LogP contribution in [0.1, 0.15) is 48.7 Å². The summed E-state index contributed by atoms with van der Waals surface area (Å²) >= 11 is 3.23. The molecule has 0 saturated carbocycles. The molecule has 0 aliphatic carbocycles. The molecule has 8 heteroatoms. The van der Waals surface area contributed by atoms with Gasteiger partial charge in [0.2, 0.25) is 5.91 Å². The second-order valence-electron chi connectivity index (χ2n) is 8.27. The third-order valence-corrected chi connectivity index (χ3v) is 8.55. The largest absolute Gasteiger partial charge is 0.351 e. The SMILES string of the molecule is CC1NCSC1C(=O)N1CCC(CCCCNC(=O)c2cc3ccncc3s2)CC1. The van der Waals surface area contributed by atoms with Crippen molar-refractivity contribution in [1.82, 2.24) is 20.5 Å². The van der Waals surface area contributed by atoms with Crippen LogP contribution in [-0.4, -0.2) is 58.5 Å². The van der Waals surface area contributed by atoms with Gasteiger partial charge < -0.3 is 15.5 Å². The number of nitrogens with zero attached hydrogens (tertiary/aromatic N) is 2. The molecule has 2 aromatic rings. The van der Waals surface area contributed by atoms with Crippen LogP contribution in [0, 0.1) is 5.92 Å². The first-order valence-electron chi connectivity index (χ1n) is 10.9. The molecule has 2 aliphatic rings. The van der Waals surface area contributed by atoms with Gasteiger partial charge in [-0.3, -0.25) is 14.6 Å². The zero-order valence-corrected chi connectivity index (χ0v) is 19.1. The van der Waals surface area contributed by atoms with Crippen molar-refractivity contribution in [3.05, 3.63) is 29.4 Å². The summed E-state index contributed by atoms with van der Waals surface area (Å²) in [4.78, 5) is 31.9. The van der Waals surface area contributed by atoms with Gasteiger partial charge in [0.25, 0.3) is 5.91 Å². The molecular weight excluding hydrogens is 416 g/mol. The van der Waals surface area contributed by atoms with Crippen molar-refractivity contribution in [2.24, 2.45) is 5.92 Å². The Labute approximate surface area is 186 Å². The quantitative estimate of drug-likeness (QED) is 0.637. The summed E-state index contributed by atoms with van der Waals surface area (Å²) in [6.07, 6.45) is 9.07.